The summed E-state index contributed by atoms with van der Waals surface area (Å²) in [4.78, 5) is 10.4. The monoisotopic (exact) mass is 229 g/mol. The van der Waals surface area contributed by atoms with Gasteiger partial charge in [0, 0.05) is 6.04 Å². The third-order valence-corrected chi connectivity index (χ3v) is 2.11. The predicted molar refractivity (Wildman–Crippen MR) is 53.8 cm³/mol. The number of ether oxygens (including phenoxy) is 1. The number of rotatable bonds is 4. The van der Waals surface area contributed by atoms with Gasteiger partial charge in [-0.15, -0.1) is 0 Å². The third-order valence-electron chi connectivity index (χ3n) is 2.11. The number of benzene rings is 1. The highest BCUT2D eigenvalue weighted by Gasteiger charge is 2.21. The molecule has 6 heteroatoms. The molecular formula is C10H12FNO4. The van der Waals surface area contributed by atoms with Crippen LogP contribution in [-0.4, -0.2) is 23.3 Å². The van der Waals surface area contributed by atoms with Crippen molar-refractivity contribution in [2.75, 3.05) is 7.11 Å². The maximum absolute atomic E-state index is 13.4. The summed E-state index contributed by atoms with van der Waals surface area (Å²) >= 11 is 0. The molecular weight excluding hydrogens is 217 g/mol. The number of hydrogen-bond donors (Lipinski definition) is 3. The third kappa shape index (κ3) is 2.40. The summed E-state index contributed by atoms with van der Waals surface area (Å²) in [6, 6.07) is 1.18. The van der Waals surface area contributed by atoms with Crippen LogP contribution in [0.15, 0.2) is 12.1 Å². The second-order valence-electron chi connectivity index (χ2n) is 3.22. The summed E-state index contributed by atoms with van der Waals surface area (Å²) in [7, 11) is 1.31. The zero-order chi connectivity index (χ0) is 12.3. The zero-order valence-corrected chi connectivity index (χ0v) is 8.61. The van der Waals surface area contributed by atoms with Crippen LogP contribution in [0.5, 0.6) is 11.5 Å². The van der Waals surface area contributed by atoms with Crippen LogP contribution in [0.25, 0.3) is 0 Å². The smallest absolute Gasteiger partial charge is 0.305 e. The Bertz CT molecular complexity index is 408. The lowest BCUT2D eigenvalue weighted by atomic mass is 10.0. The Morgan fingerprint density at radius 1 is 1.62 bits per heavy atom. The number of phenolic OH excluding ortho intramolecular Hbond substituents is 1. The van der Waals surface area contributed by atoms with Gasteiger partial charge in [0.2, 0.25) is 0 Å². The summed E-state index contributed by atoms with van der Waals surface area (Å²) in [5.74, 6) is -2.34. The summed E-state index contributed by atoms with van der Waals surface area (Å²) in [5.41, 5.74) is 5.24. The molecule has 1 rings (SSSR count). The van der Waals surface area contributed by atoms with Gasteiger partial charge >= 0.3 is 5.97 Å². The lowest BCUT2D eigenvalue weighted by Gasteiger charge is -2.14. The van der Waals surface area contributed by atoms with Crippen LogP contribution in [-0.2, 0) is 4.79 Å². The molecule has 0 bridgehead atoms. The molecule has 1 aromatic carbocycles. The average molecular weight is 229 g/mol. The van der Waals surface area contributed by atoms with E-state index in [0.717, 1.165) is 6.07 Å². The summed E-state index contributed by atoms with van der Waals surface area (Å²) < 4.78 is 18.2. The fraction of sp³-hybridized carbons (Fsp3) is 0.300. The fourth-order valence-corrected chi connectivity index (χ4v) is 1.37. The van der Waals surface area contributed by atoms with E-state index in [4.69, 9.17) is 15.6 Å². The summed E-state index contributed by atoms with van der Waals surface area (Å²) in [5, 5.41) is 18.2. The van der Waals surface area contributed by atoms with Crippen LogP contribution in [0.4, 0.5) is 4.39 Å². The first-order valence-electron chi connectivity index (χ1n) is 4.50. The van der Waals surface area contributed by atoms with Gasteiger partial charge in [0.15, 0.2) is 11.5 Å². The van der Waals surface area contributed by atoms with Crippen LogP contribution in [0, 0.1) is 5.82 Å². The van der Waals surface area contributed by atoms with Crippen molar-refractivity contribution < 1.29 is 24.1 Å². The van der Waals surface area contributed by atoms with E-state index in [1.165, 1.54) is 13.2 Å². The summed E-state index contributed by atoms with van der Waals surface area (Å²) in [6.45, 7) is 0. The molecule has 4 N–H and O–H groups in total. The molecule has 1 atom stereocenters. The molecule has 0 fully saturated rings. The van der Waals surface area contributed by atoms with Gasteiger partial charge in [0.05, 0.1) is 19.1 Å². The normalized spacial score (nSPS) is 12.2. The average Bonchev–Trinajstić information content (AvgIpc) is 2.16. The van der Waals surface area contributed by atoms with E-state index in [9.17, 15) is 14.3 Å². The Hall–Kier alpha value is -1.82. The topological polar surface area (TPSA) is 92.8 Å². The minimum Gasteiger partial charge on any atom is -0.504 e. The maximum atomic E-state index is 13.4. The molecule has 1 aromatic rings. The van der Waals surface area contributed by atoms with Crippen molar-refractivity contribution in [3.63, 3.8) is 0 Å². The second-order valence-corrected chi connectivity index (χ2v) is 3.22. The van der Waals surface area contributed by atoms with Crippen molar-refractivity contribution in [1.29, 1.82) is 0 Å². The SMILES string of the molecule is COc1ccc(F)c(C(N)CC(=O)O)c1O. The highest BCUT2D eigenvalue weighted by atomic mass is 19.1. The molecule has 0 amide bonds. The van der Waals surface area contributed by atoms with E-state index < -0.39 is 30.0 Å². The van der Waals surface area contributed by atoms with Crippen LogP contribution >= 0.6 is 0 Å². The number of methoxy groups -OCH3 is 1. The molecule has 5 nitrogen and oxygen atoms in total. The minimum absolute atomic E-state index is 0.0530. The largest absolute Gasteiger partial charge is 0.504 e. The molecule has 0 radical (unpaired) electrons. The molecule has 16 heavy (non-hydrogen) atoms. The Morgan fingerprint density at radius 2 is 2.25 bits per heavy atom. The van der Waals surface area contributed by atoms with Crippen LogP contribution in [0.3, 0.4) is 0 Å². The van der Waals surface area contributed by atoms with E-state index in [-0.39, 0.29) is 11.3 Å². The number of carboxylic acid groups (broad SMARTS) is 1. The molecule has 1 unspecified atom stereocenters. The number of nitrogens with two attached hydrogens (primary N) is 1. The van der Waals surface area contributed by atoms with Crippen molar-refractivity contribution in [2.45, 2.75) is 12.5 Å². The number of phenols is 1. The first-order valence-corrected chi connectivity index (χ1v) is 4.50. The van der Waals surface area contributed by atoms with Crippen molar-refractivity contribution in [2.24, 2.45) is 5.73 Å². The van der Waals surface area contributed by atoms with Gasteiger partial charge in [0.25, 0.3) is 0 Å². The van der Waals surface area contributed by atoms with E-state index in [1.807, 2.05) is 0 Å². The van der Waals surface area contributed by atoms with E-state index >= 15 is 0 Å². The van der Waals surface area contributed by atoms with E-state index in [0.29, 0.717) is 0 Å². The number of carboxylic acids is 1. The quantitative estimate of drug-likeness (QED) is 0.716. The van der Waals surface area contributed by atoms with Gasteiger partial charge in [-0.25, -0.2) is 4.39 Å². The molecule has 0 saturated heterocycles. The number of aromatic hydroxyl groups is 1. The van der Waals surface area contributed by atoms with Crippen LogP contribution in [0.2, 0.25) is 0 Å². The van der Waals surface area contributed by atoms with Crippen LogP contribution in [0.1, 0.15) is 18.0 Å². The molecule has 0 aromatic heterocycles. The van der Waals surface area contributed by atoms with Gasteiger partial charge in [-0.05, 0) is 12.1 Å². The molecule has 0 heterocycles. The van der Waals surface area contributed by atoms with Gasteiger partial charge in [-0.1, -0.05) is 0 Å². The van der Waals surface area contributed by atoms with Crippen LogP contribution < -0.4 is 10.5 Å². The highest BCUT2D eigenvalue weighted by Crippen LogP contribution is 2.35. The molecule has 0 aliphatic rings. The first-order chi connectivity index (χ1) is 7.47. The van der Waals surface area contributed by atoms with Gasteiger partial charge in [-0.2, -0.15) is 0 Å². The lowest BCUT2D eigenvalue weighted by Crippen LogP contribution is -2.16. The van der Waals surface area contributed by atoms with Crippen molar-refractivity contribution in [3.8, 4) is 11.5 Å². The predicted octanol–water partition coefficient (Wildman–Crippen LogP) is 1.01. The molecule has 0 aliphatic heterocycles. The highest BCUT2D eigenvalue weighted by molar-refractivity contribution is 5.68. The number of aliphatic carboxylic acids is 1. The van der Waals surface area contributed by atoms with Crippen molar-refractivity contribution >= 4 is 5.97 Å². The Morgan fingerprint density at radius 3 is 2.75 bits per heavy atom. The standard InChI is InChI=1S/C10H12FNO4/c1-16-7-3-2-5(11)9(10(7)15)6(12)4-8(13)14/h2-3,6,15H,4,12H2,1H3,(H,13,14). The zero-order valence-electron chi connectivity index (χ0n) is 8.61. The van der Waals surface area contributed by atoms with Crippen molar-refractivity contribution in [1.82, 2.24) is 0 Å². The van der Waals surface area contributed by atoms with Gasteiger partial charge in [-0.3, -0.25) is 4.79 Å². The van der Waals surface area contributed by atoms with Gasteiger partial charge in [0.1, 0.15) is 5.82 Å². The van der Waals surface area contributed by atoms with E-state index in [2.05, 4.69) is 0 Å². The Balaban J connectivity index is 3.15. The molecule has 88 valence electrons. The molecule has 0 spiro atoms. The number of carbonyl (C=O) groups is 1. The molecule has 0 saturated carbocycles. The Kier molecular flexibility index (Phi) is 3.68. The Labute approximate surface area is 91.3 Å². The van der Waals surface area contributed by atoms with E-state index in [1.54, 1.807) is 0 Å². The summed E-state index contributed by atoms with van der Waals surface area (Å²) in [6.07, 6.45) is -0.475. The first kappa shape index (κ1) is 12.3. The maximum Gasteiger partial charge on any atom is 0.305 e. The van der Waals surface area contributed by atoms with Gasteiger partial charge < -0.3 is 20.7 Å². The lowest BCUT2D eigenvalue weighted by molar-refractivity contribution is -0.137. The molecule has 0 aliphatic carbocycles. The second kappa shape index (κ2) is 4.80. The van der Waals surface area contributed by atoms with Crippen molar-refractivity contribution in [3.05, 3.63) is 23.5 Å². The fourth-order valence-electron chi connectivity index (χ4n) is 1.37. The minimum atomic E-state index is -1.17. The number of halogens is 1. The number of hydrogen-bond acceptors (Lipinski definition) is 4.